The number of nitrogens with one attached hydrogen (secondary N) is 1. The van der Waals surface area contributed by atoms with Crippen molar-refractivity contribution < 1.29 is 4.39 Å². The van der Waals surface area contributed by atoms with Crippen molar-refractivity contribution in [2.24, 2.45) is 0 Å². The summed E-state index contributed by atoms with van der Waals surface area (Å²) >= 11 is 3.44. The first-order valence-corrected chi connectivity index (χ1v) is 10.1. The van der Waals surface area contributed by atoms with E-state index in [4.69, 9.17) is 4.98 Å². The van der Waals surface area contributed by atoms with Crippen LogP contribution in [0.25, 0.3) is 44.7 Å². The molecular formula is C25H16BrFN2. The fraction of sp³-hybridized carbons (Fsp3) is 0. The molecule has 4 aromatic carbocycles. The van der Waals surface area contributed by atoms with Gasteiger partial charge in [-0.15, -0.1) is 0 Å². The van der Waals surface area contributed by atoms with Crippen LogP contribution in [-0.2, 0) is 0 Å². The number of aromatic nitrogens is 2. The second kappa shape index (κ2) is 7.30. The SMILES string of the molecule is Fc1ccc(-c2nc3cc(-c4ccccc4)c(-c4ccccc4)cc3[nH]2)c(Br)c1. The topological polar surface area (TPSA) is 28.7 Å². The summed E-state index contributed by atoms with van der Waals surface area (Å²) in [6.07, 6.45) is 0. The van der Waals surface area contributed by atoms with E-state index in [9.17, 15) is 4.39 Å². The summed E-state index contributed by atoms with van der Waals surface area (Å²) in [6, 6.07) is 29.5. The number of hydrogen-bond donors (Lipinski definition) is 1. The zero-order valence-corrected chi connectivity index (χ0v) is 16.9. The molecule has 5 aromatic rings. The lowest BCUT2D eigenvalue weighted by Gasteiger charge is -2.10. The Kier molecular flexibility index (Phi) is 4.49. The van der Waals surface area contributed by atoms with Crippen LogP contribution in [0.4, 0.5) is 4.39 Å². The van der Waals surface area contributed by atoms with Crippen molar-refractivity contribution in [3.05, 3.63) is 101 Å². The van der Waals surface area contributed by atoms with Crippen LogP contribution < -0.4 is 0 Å². The standard InChI is InChI=1S/C25H16BrFN2/c26-22-13-18(27)11-12-19(22)25-28-23-14-20(16-7-3-1-4-8-16)21(15-24(23)29-25)17-9-5-2-6-10-17/h1-15H,(H,28,29). The normalized spacial score (nSPS) is 11.1. The van der Waals surface area contributed by atoms with Crippen LogP contribution in [0.5, 0.6) is 0 Å². The summed E-state index contributed by atoms with van der Waals surface area (Å²) in [5.41, 5.74) is 7.18. The third-order valence-electron chi connectivity index (χ3n) is 4.98. The van der Waals surface area contributed by atoms with Crippen LogP contribution in [0.2, 0.25) is 0 Å². The number of rotatable bonds is 3. The largest absolute Gasteiger partial charge is 0.338 e. The quantitative estimate of drug-likeness (QED) is 0.308. The maximum atomic E-state index is 13.5. The number of fused-ring (bicyclic) bond motifs is 1. The van der Waals surface area contributed by atoms with Gasteiger partial charge in [0.1, 0.15) is 11.6 Å². The monoisotopic (exact) mass is 442 g/mol. The fourth-order valence-corrected chi connectivity index (χ4v) is 4.12. The van der Waals surface area contributed by atoms with E-state index in [1.807, 2.05) is 36.4 Å². The highest BCUT2D eigenvalue weighted by Gasteiger charge is 2.14. The van der Waals surface area contributed by atoms with Gasteiger partial charge in [-0.2, -0.15) is 0 Å². The van der Waals surface area contributed by atoms with Gasteiger partial charge in [0.25, 0.3) is 0 Å². The molecule has 0 radical (unpaired) electrons. The molecule has 0 aliphatic rings. The lowest BCUT2D eigenvalue weighted by Crippen LogP contribution is -1.86. The number of benzene rings is 4. The third-order valence-corrected chi connectivity index (χ3v) is 5.63. The van der Waals surface area contributed by atoms with Gasteiger partial charge in [0.2, 0.25) is 0 Å². The molecule has 1 heterocycles. The first-order chi connectivity index (χ1) is 14.2. The molecule has 0 unspecified atom stereocenters. The van der Waals surface area contributed by atoms with Crippen molar-refractivity contribution in [1.82, 2.24) is 9.97 Å². The molecular weight excluding hydrogens is 427 g/mol. The van der Waals surface area contributed by atoms with E-state index in [1.165, 1.54) is 12.1 Å². The Labute approximate surface area is 176 Å². The van der Waals surface area contributed by atoms with Crippen LogP contribution in [0.3, 0.4) is 0 Å². The number of nitrogens with zero attached hydrogens (tertiary/aromatic N) is 1. The van der Waals surface area contributed by atoms with Gasteiger partial charge in [-0.25, -0.2) is 9.37 Å². The molecule has 2 nitrogen and oxygen atoms in total. The molecule has 0 aliphatic carbocycles. The summed E-state index contributed by atoms with van der Waals surface area (Å²) < 4.78 is 14.2. The van der Waals surface area contributed by atoms with Crippen molar-refractivity contribution >= 4 is 27.0 Å². The van der Waals surface area contributed by atoms with Crippen molar-refractivity contribution in [3.8, 4) is 33.6 Å². The number of imidazole rings is 1. The van der Waals surface area contributed by atoms with E-state index in [2.05, 4.69) is 57.3 Å². The van der Waals surface area contributed by atoms with Gasteiger partial charge in [-0.3, -0.25) is 0 Å². The molecule has 0 spiro atoms. The summed E-state index contributed by atoms with van der Waals surface area (Å²) in [5, 5.41) is 0. The van der Waals surface area contributed by atoms with Crippen LogP contribution in [0.15, 0.2) is 95.5 Å². The number of halogens is 2. The molecule has 0 bridgehead atoms. The second-order valence-corrected chi connectivity index (χ2v) is 7.71. The molecule has 4 heteroatoms. The molecule has 140 valence electrons. The van der Waals surface area contributed by atoms with Gasteiger partial charge in [0.05, 0.1) is 11.0 Å². The predicted molar refractivity (Wildman–Crippen MR) is 120 cm³/mol. The zero-order chi connectivity index (χ0) is 19.8. The van der Waals surface area contributed by atoms with E-state index in [0.717, 1.165) is 38.9 Å². The summed E-state index contributed by atoms with van der Waals surface area (Å²) in [6.45, 7) is 0. The number of aromatic amines is 1. The maximum Gasteiger partial charge on any atom is 0.139 e. The minimum Gasteiger partial charge on any atom is -0.338 e. The molecule has 1 N–H and O–H groups in total. The molecule has 29 heavy (non-hydrogen) atoms. The van der Waals surface area contributed by atoms with Crippen molar-refractivity contribution in [2.75, 3.05) is 0 Å². The highest BCUT2D eigenvalue weighted by Crippen LogP contribution is 2.36. The molecule has 0 aliphatic heterocycles. The number of hydrogen-bond acceptors (Lipinski definition) is 1. The molecule has 0 amide bonds. The maximum absolute atomic E-state index is 13.5. The van der Waals surface area contributed by atoms with Gasteiger partial charge < -0.3 is 4.98 Å². The molecule has 1 aromatic heterocycles. The molecule has 0 atom stereocenters. The zero-order valence-electron chi connectivity index (χ0n) is 15.4. The third kappa shape index (κ3) is 3.36. The molecule has 0 saturated carbocycles. The Balaban J connectivity index is 1.74. The van der Waals surface area contributed by atoms with Crippen LogP contribution in [0.1, 0.15) is 0 Å². The average Bonchev–Trinajstić information content (AvgIpc) is 3.17. The smallest absolute Gasteiger partial charge is 0.139 e. The van der Waals surface area contributed by atoms with Crippen molar-refractivity contribution in [1.29, 1.82) is 0 Å². The Morgan fingerprint density at radius 2 is 1.31 bits per heavy atom. The molecule has 0 fully saturated rings. The first-order valence-electron chi connectivity index (χ1n) is 9.29. The Bertz CT molecular complexity index is 1230. The second-order valence-electron chi connectivity index (χ2n) is 6.86. The van der Waals surface area contributed by atoms with E-state index in [1.54, 1.807) is 6.07 Å². The molecule has 5 rings (SSSR count). The lowest BCUT2D eigenvalue weighted by molar-refractivity contribution is 0.627. The minimum absolute atomic E-state index is 0.283. The average molecular weight is 443 g/mol. The summed E-state index contributed by atoms with van der Waals surface area (Å²) in [4.78, 5) is 8.18. The van der Waals surface area contributed by atoms with Crippen LogP contribution in [0, 0.1) is 5.82 Å². The summed E-state index contributed by atoms with van der Waals surface area (Å²) in [5.74, 6) is 0.422. The fourth-order valence-electron chi connectivity index (χ4n) is 3.58. The van der Waals surface area contributed by atoms with Gasteiger partial charge in [-0.1, -0.05) is 60.7 Å². The van der Waals surface area contributed by atoms with E-state index < -0.39 is 0 Å². The van der Waals surface area contributed by atoms with Gasteiger partial charge in [0.15, 0.2) is 0 Å². The Morgan fingerprint density at radius 1 is 0.690 bits per heavy atom. The van der Waals surface area contributed by atoms with Crippen molar-refractivity contribution in [2.45, 2.75) is 0 Å². The lowest BCUT2D eigenvalue weighted by atomic mass is 9.94. The Morgan fingerprint density at radius 3 is 1.93 bits per heavy atom. The minimum atomic E-state index is -0.283. The first kappa shape index (κ1) is 17.8. The van der Waals surface area contributed by atoms with E-state index in [0.29, 0.717) is 10.3 Å². The predicted octanol–water partition coefficient (Wildman–Crippen LogP) is 7.47. The van der Waals surface area contributed by atoms with Gasteiger partial charge in [0, 0.05) is 10.0 Å². The number of H-pyrrole nitrogens is 1. The highest BCUT2D eigenvalue weighted by atomic mass is 79.9. The van der Waals surface area contributed by atoms with Crippen molar-refractivity contribution in [3.63, 3.8) is 0 Å². The van der Waals surface area contributed by atoms with Gasteiger partial charge in [-0.05, 0) is 68.5 Å². The van der Waals surface area contributed by atoms with Crippen LogP contribution in [-0.4, -0.2) is 9.97 Å². The van der Waals surface area contributed by atoms with E-state index >= 15 is 0 Å². The van der Waals surface area contributed by atoms with Gasteiger partial charge >= 0.3 is 0 Å². The summed E-state index contributed by atoms with van der Waals surface area (Å²) in [7, 11) is 0. The van der Waals surface area contributed by atoms with E-state index in [-0.39, 0.29) is 5.82 Å². The highest BCUT2D eigenvalue weighted by molar-refractivity contribution is 9.10. The molecule has 0 saturated heterocycles. The Hall–Kier alpha value is -3.24. The van der Waals surface area contributed by atoms with Crippen LogP contribution >= 0.6 is 15.9 Å².